The van der Waals surface area contributed by atoms with Crippen LogP contribution in [0.1, 0.15) is 0 Å². The van der Waals surface area contributed by atoms with Gasteiger partial charge in [-0.15, -0.1) is 10.2 Å². The summed E-state index contributed by atoms with van der Waals surface area (Å²) in [5, 5.41) is 8.20. The Hall–Kier alpha value is -2.45. The molecule has 3 aromatic rings. The van der Waals surface area contributed by atoms with Gasteiger partial charge in [-0.1, -0.05) is 12.1 Å². The molecule has 0 fully saturated rings. The second-order valence-electron chi connectivity index (χ2n) is 4.58. The van der Waals surface area contributed by atoms with Crippen LogP contribution < -0.4 is 4.57 Å². The van der Waals surface area contributed by atoms with Gasteiger partial charge in [-0.2, -0.15) is 13.0 Å². The molecule has 0 saturated heterocycles. The molecular formula is C14H13N4O3S+. The van der Waals surface area contributed by atoms with Gasteiger partial charge in [0.2, 0.25) is 0 Å². The first-order valence-electron chi connectivity index (χ1n) is 6.45. The highest BCUT2D eigenvalue weighted by molar-refractivity contribution is 7.85. The maximum absolute atomic E-state index is 11.4. The zero-order valence-corrected chi connectivity index (χ0v) is 12.6. The van der Waals surface area contributed by atoms with Crippen molar-refractivity contribution in [3.05, 3.63) is 48.8 Å². The van der Waals surface area contributed by atoms with Crippen molar-refractivity contribution >= 4 is 21.2 Å². The minimum Gasteiger partial charge on any atom is -0.269 e. The average molecular weight is 317 g/mol. The van der Waals surface area contributed by atoms with Gasteiger partial charge in [-0.3, -0.25) is 4.18 Å². The van der Waals surface area contributed by atoms with Gasteiger partial charge in [0, 0.05) is 17.7 Å². The van der Waals surface area contributed by atoms with Crippen LogP contribution in [0.15, 0.2) is 48.8 Å². The van der Waals surface area contributed by atoms with Crippen molar-refractivity contribution in [2.24, 2.45) is 0 Å². The van der Waals surface area contributed by atoms with Crippen molar-refractivity contribution in [2.45, 2.75) is 5.88 Å². The third-order valence-electron chi connectivity index (χ3n) is 3.07. The van der Waals surface area contributed by atoms with Crippen molar-refractivity contribution in [2.75, 3.05) is 7.11 Å². The quantitative estimate of drug-likeness (QED) is 0.525. The Morgan fingerprint density at radius 2 is 1.73 bits per heavy atom. The van der Waals surface area contributed by atoms with E-state index in [0.717, 1.165) is 23.7 Å². The molecule has 0 aliphatic heterocycles. The maximum atomic E-state index is 11.4. The summed E-state index contributed by atoms with van der Waals surface area (Å²) in [4.78, 5) is 4.44. The molecule has 0 unspecified atom stereocenters. The average Bonchev–Trinajstić information content (AvgIpc) is 2.55. The number of aromatic nitrogens is 4. The number of fused-ring (bicyclic) bond motifs is 1. The molecular weight excluding hydrogens is 304 g/mol. The summed E-state index contributed by atoms with van der Waals surface area (Å²) >= 11 is 0. The first-order chi connectivity index (χ1) is 10.6. The summed E-state index contributed by atoms with van der Waals surface area (Å²) in [6.45, 7) is 0. The number of nitrogens with zero attached hydrogens (tertiary/aromatic N) is 4. The predicted molar refractivity (Wildman–Crippen MR) is 78.9 cm³/mol. The summed E-state index contributed by atoms with van der Waals surface area (Å²) in [7, 11) is -2.42. The fourth-order valence-corrected chi connectivity index (χ4v) is 2.57. The van der Waals surface area contributed by atoms with E-state index in [1.165, 1.54) is 4.57 Å². The van der Waals surface area contributed by atoms with Crippen molar-refractivity contribution in [1.82, 2.24) is 15.2 Å². The molecule has 0 aliphatic carbocycles. The molecule has 7 nitrogen and oxygen atoms in total. The minimum absolute atomic E-state index is 0.249. The number of hydrogen-bond donors (Lipinski definition) is 0. The Balaban J connectivity index is 1.91. The maximum Gasteiger partial charge on any atom is 0.329 e. The van der Waals surface area contributed by atoms with Crippen LogP contribution in [-0.4, -0.2) is 30.7 Å². The Morgan fingerprint density at radius 3 is 2.41 bits per heavy atom. The highest BCUT2D eigenvalue weighted by Crippen LogP contribution is 2.15. The highest BCUT2D eigenvalue weighted by Gasteiger charge is 2.16. The molecule has 2 heterocycles. The van der Waals surface area contributed by atoms with Crippen molar-refractivity contribution < 1.29 is 17.2 Å². The van der Waals surface area contributed by atoms with E-state index in [-0.39, 0.29) is 5.88 Å². The zero-order valence-electron chi connectivity index (χ0n) is 11.7. The Morgan fingerprint density at radius 1 is 1.05 bits per heavy atom. The normalized spacial score (nSPS) is 11.7. The molecule has 0 radical (unpaired) electrons. The number of para-hydroxylation sites is 1. The molecule has 0 spiro atoms. The van der Waals surface area contributed by atoms with Gasteiger partial charge in [0.25, 0.3) is 5.88 Å². The van der Waals surface area contributed by atoms with Crippen LogP contribution in [0.3, 0.4) is 0 Å². The second kappa shape index (κ2) is 5.74. The molecule has 1 aromatic carbocycles. The van der Waals surface area contributed by atoms with E-state index in [1.807, 2.05) is 24.3 Å². The lowest BCUT2D eigenvalue weighted by Crippen LogP contribution is -2.37. The van der Waals surface area contributed by atoms with Gasteiger partial charge in [-0.05, 0) is 12.1 Å². The van der Waals surface area contributed by atoms with Crippen molar-refractivity contribution in [1.29, 1.82) is 0 Å². The monoisotopic (exact) mass is 317 g/mol. The lowest BCUT2D eigenvalue weighted by molar-refractivity contribution is -0.678. The standard InChI is InChI=1S/C14H13N4O3S/c1-21-22(19,20)10-18-8-6-11(7-9-18)14-15-12-4-2-3-5-13(12)16-17-14/h2-9H,10H2,1H3/q+1. The zero-order chi connectivity index (χ0) is 15.6. The van der Waals surface area contributed by atoms with Crippen LogP contribution in [0, 0.1) is 0 Å². The largest absolute Gasteiger partial charge is 0.329 e. The summed E-state index contributed by atoms with van der Waals surface area (Å²) in [6.07, 6.45) is 3.26. The molecule has 0 amide bonds. The van der Waals surface area contributed by atoms with E-state index in [2.05, 4.69) is 19.4 Å². The van der Waals surface area contributed by atoms with Crippen molar-refractivity contribution in [3.63, 3.8) is 0 Å². The van der Waals surface area contributed by atoms with Gasteiger partial charge in [0.1, 0.15) is 5.52 Å². The molecule has 0 bridgehead atoms. The fraction of sp³-hybridized carbons (Fsp3) is 0.143. The molecule has 2 aromatic heterocycles. The molecule has 3 rings (SSSR count). The molecule has 112 valence electrons. The first-order valence-corrected chi connectivity index (χ1v) is 8.02. The SMILES string of the molecule is COS(=O)(=O)C[n+]1ccc(-c2nnc3ccccc3n2)cc1. The fourth-order valence-electron chi connectivity index (χ4n) is 1.93. The van der Waals surface area contributed by atoms with Gasteiger partial charge in [0.15, 0.2) is 18.2 Å². The third kappa shape index (κ3) is 3.07. The third-order valence-corrected chi connectivity index (χ3v) is 4.19. The van der Waals surface area contributed by atoms with Crippen LogP contribution in [-0.2, 0) is 20.2 Å². The van der Waals surface area contributed by atoms with E-state index in [1.54, 1.807) is 24.5 Å². The lowest BCUT2D eigenvalue weighted by Gasteiger charge is -2.01. The van der Waals surface area contributed by atoms with Crippen LogP contribution in [0.5, 0.6) is 0 Å². The predicted octanol–water partition coefficient (Wildman–Crippen LogP) is 0.913. The Kier molecular flexibility index (Phi) is 3.78. The molecule has 22 heavy (non-hydrogen) atoms. The van der Waals surface area contributed by atoms with Crippen LogP contribution >= 0.6 is 0 Å². The number of hydrogen-bond acceptors (Lipinski definition) is 6. The molecule has 0 saturated carbocycles. The van der Waals surface area contributed by atoms with Gasteiger partial charge in [0.05, 0.1) is 12.6 Å². The van der Waals surface area contributed by atoms with E-state index >= 15 is 0 Å². The molecule has 0 aliphatic rings. The van der Waals surface area contributed by atoms with Crippen LogP contribution in [0.25, 0.3) is 22.4 Å². The van der Waals surface area contributed by atoms with Crippen molar-refractivity contribution in [3.8, 4) is 11.4 Å². The van der Waals surface area contributed by atoms with E-state index in [9.17, 15) is 8.42 Å². The topological polar surface area (TPSA) is 85.9 Å². The summed E-state index contributed by atoms with van der Waals surface area (Å²) < 4.78 is 28.7. The van der Waals surface area contributed by atoms with Crippen LogP contribution in [0.2, 0.25) is 0 Å². The van der Waals surface area contributed by atoms with Gasteiger partial charge < -0.3 is 0 Å². The Bertz CT molecular complexity index is 911. The van der Waals surface area contributed by atoms with Gasteiger partial charge in [-0.25, -0.2) is 4.98 Å². The number of rotatable bonds is 4. The lowest BCUT2D eigenvalue weighted by atomic mass is 10.2. The molecule has 0 atom stereocenters. The number of benzene rings is 1. The van der Waals surface area contributed by atoms with E-state index in [4.69, 9.17) is 0 Å². The number of pyridine rings is 1. The first kappa shape index (κ1) is 14.5. The Labute approximate surface area is 127 Å². The van der Waals surface area contributed by atoms with Gasteiger partial charge >= 0.3 is 10.1 Å². The second-order valence-corrected chi connectivity index (χ2v) is 6.29. The smallest absolute Gasteiger partial charge is 0.269 e. The molecule has 8 heteroatoms. The summed E-state index contributed by atoms with van der Waals surface area (Å²) in [6, 6.07) is 10.9. The summed E-state index contributed by atoms with van der Waals surface area (Å²) in [5.74, 6) is 0.237. The highest BCUT2D eigenvalue weighted by atomic mass is 32.2. The molecule has 0 N–H and O–H groups in total. The van der Waals surface area contributed by atoms with E-state index < -0.39 is 10.1 Å². The minimum atomic E-state index is -3.56. The summed E-state index contributed by atoms with van der Waals surface area (Å²) in [5.41, 5.74) is 2.24. The van der Waals surface area contributed by atoms with Crippen LogP contribution in [0.4, 0.5) is 0 Å². The van der Waals surface area contributed by atoms with E-state index in [0.29, 0.717) is 5.82 Å².